The lowest BCUT2D eigenvalue weighted by Crippen LogP contribution is -2.24. The van der Waals surface area contributed by atoms with E-state index in [0.717, 1.165) is 0 Å². The Labute approximate surface area is 188 Å². The van der Waals surface area contributed by atoms with E-state index in [9.17, 15) is 15.2 Å². The maximum atomic E-state index is 11.6. The first-order valence-corrected chi connectivity index (χ1v) is 9.73. The molecule has 0 amide bonds. The number of aromatic nitrogens is 6. The van der Waals surface area contributed by atoms with Crippen LogP contribution in [0.3, 0.4) is 0 Å². The molecule has 0 fully saturated rings. The molecule has 0 unspecified atom stereocenters. The van der Waals surface area contributed by atoms with Crippen LogP contribution in [-0.4, -0.2) is 54.8 Å². The highest BCUT2D eigenvalue weighted by Crippen LogP contribution is 2.34. The molecule has 4 rings (SSSR count). The van der Waals surface area contributed by atoms with Gasteiger partial charge in [0.1, 0.15) is 41.6 Å². The van der Waals surface area contributed by atoms with Crippen LogP contribution in [0.25, 0.3) is 17.0 Å². The van der Waals surface area contributed by atoms with E-state index in [4.69, 9.17) is 14.5 Å². The maximum Gasteiger partial charge on any atom is 0.354 e. The predicted molar refractivity (Wildman–Crippen MR) is 116 cm³/mol. The Balaban J connectivity index is 1.90. The quantitative estimate of drug-likeness (QED) is 0.469. The van der Waals surface area contributed by atoms with Gasteiger partial charge in [0.05, 0.1) is 25.6 Å². The molecule has 0 spiro atoms. The molecule has 0 radical (unpaired) electrons. The summed E-state index contributed by atoms with van der Waals surface area (Å²) in [4.78, 5) is 33.1. The molecular formula is C22H19N7O4. The van der Waals surface area contributed by atoms with E-state index in [1.54, 1.807) is 22.8 Å². The highest BCUT2D eigenvalue weighted by Gasteiger charge is 2.30. The van der Waals surface area contributed by atoms with Gasteiger partial charge < -0.3 is 14.6 Å². The van der Waals surface area contributed by atoms with Gasteiger partial charge in [-0.05, 0) is 13.8 Å². The first-order valence-electron chi connectivity index (χ1n) is 9.73. The van der Waals surface area contributed by atoms with Crippen molar-refractivity contribution in [3.05, 3.63) is 59.7 Å². The molecule has 33 heavy (non-hydrogen) atoms. The number of methoxy groups -OCH3 is 2. The van der Waals surface area contributed by atoms with Gasteiger partial charge in [-0.25, -0.2) is 29.7 Å². The summed E-state index contributed by atoms with van der Waals surface area (Å²) in [6.45, 7) is 3.74. The average molecular weight is 445 g/mol. The van der Waals surface area contributed by atoms with Crippen molar-refractivity contribution in [2.24, 2.45) is 0 Å². The fourth-order valence-electron chi connectivity index (χ4n) is 3.32. The lowest BCUT2D eigenvalue weighted by Gasteiger charge is -2.25. The van der Waals surface area contributed by atoms with Gasteiger partial charge in [-0.15, -0.1) is 0 Å². The Hall–Kier alpha value is -4.59. The van der Waals surface area contributed by atoms with Crippen LogP contribution in [0.15, 0.2) is 36.9 Å². The van der Waals surface area contributed by atoms with Crippen molar-refractivity contribution in [2.45, 2.75) is 19.3 Å². The molecule has 4 aromatic heterocycles. The number of ether oxygens (including phenoxy) is 2. The van der Waals surface area contributed by atoms with Crippen molar-refractivity contribution in [3.63, 3.8) is 0 Å². The minimum Gasteiger partial charge on any atom is -0.497 e. The van der Waals surface area contributed by atoms with E-state index in [2.05, 4.69) is 19.9 Å². The van der Waals surface area contributed by atoms with E-state index in [0.29, 0.717) is 39.9 Å². The second-order valence-corrected chi connectivity index (χ2v) is 7.58. The normalized spacial score (nSPS) is 11.2. The molecule has 0 aromatic carbocycles. The predicted octanol–water partition coefficient (Wildman–Crippen LogP) is 2.52. The van der Waals surface area contributed by atoms with Gasteiger partial charge in [0.2, 0.25) is 0 Å². The minimum atomic E-state index is -1.16. The van der Waals surface area contributed by atoms with Crippen molar-refractivity contribution in [1.29, 1.82) is 5.26 Å². The highest BCUT2D eigenvalue weighted by molar-refractivity contribution is 5.86. The number of imidazole rings is 1. The fraction of sp³-hybridized carbons (Fsp3) is 0.227. The zero-order valence-corrected chi connectivity index (χ0v) is 18.3. The largest absolute Gasteiger partial charge is 0.497 e. The van der Waals surface area contributed by atoms with Crippen molar-refractivity contribution < 1.29 is 19.4 Å². The maximum absolute atomic E-state index is 11.6. The number of nitriles is 1. The van der Waals surface area contributed by atoms with Crippen LogP contribution in [0.5, 0.6) is 11.5 Å². The van der Waals surface area contributed by atoms with Crippen LogP contribution in [0.1, 0.15) is 41.4 Å². The van der Waals surface area contributed by atoms with Gasteiger partial charge in [-0.3, -0.25) is 4.57 Å². The van der Waals surface area contributed by atoms with Gasteiger partial charge in [0.25, 0.3) is 0 Å². The van der Waals surface area contributed by atoms with Gasteiger partial charge in [-0.2, -0.15) is 5.26 Å². The van der Waals surface area contributed by atoms with E-state index < -0.39 is 11.4 Å². The third-order valence-corrected chi connectivity index (χ3v) is 5.24. The number of aromatic carboxylic acids is 1. The Morgan fingerprint density at radius 2 is 1.70 bits per heavy atom. The lowest BCUT2D eigenvalue weighted by atomic mass is 9.84. The van der Waals surface area contributed by atoms with Crippen LogP contribution in [0, 0.1) is 11.3 Å². The number of rotatable bonds is 6. The monoisotopic (exact) mass is 445 g/mol. The summed E-state index contributed by atoms with van der Waals surface area (Å²) in [5, 5.41) is 18.8. The molecule has 0 aliphatic heterocycles. The Bertz CT molecular complexity index is 1420. The summed E-state index contributed by atoms with van der Waals surface area (Å²) < 4.78 is 12.4. The van der Waals surface area contributed by atoms with Gasteiger partial charge in [0.15, 0.2) is 17.0 Å². The standard InChI is InChI=1S/C22H19N7O4/c1-22(2,16-6-12(32-3)5-14(27-16)21(30)31)17-7-13(33-4)8-18(28-17)29-11-26-19-15(9-23)24-10-25-20(19)29/h5-8,10-11H,1-4H3,(H,30,31). The second-order valence-electron chi connectivity index (χ2n) is 7.58. The van der Waals surface area contributed by atoms with Gasteiger partial charge in [0, 0.05) is 29.7 Å². The third-order valence-electron chi connectivity index (χ3n) is 5.24. The smallest absolute Gasteiger partial charge is 0.354 e. The fourth-order valence-corrected chi connectivity index (χ4v) is 3.32. The van der Waals surface area contributed by atoms with Crippen LogP contribution in [-0.2, 0) is 5.41 Å². The number of fused-ring (bicyclic) bond motifs is 1. The number of hydrogen-bond donors (Lipinski definition) is 1. The lowest BCUT2D eigenvalue weighted by molar-refractivity contribution is 0.0689. The van der Waals surface area contributed by atoms with Crippen molar-refractivity contribution in [3.8, 4) is 23.4 Å². The summed E-state index contributed by atoms with van der Waals surface area (Å²) in [5.41, 5.74) is 0.974. The average Bonchev–Trinajstić information content (AvgIpc) is 3.27. The summed E-state index contributed by atoms with van der Waals surface area (Å²) >= 11 is 0. The summed E-state index contributed by atoms with van der Waals surface area (Å²) in [7, 11) is 2.99. The summed E-state index contributed by atoms with van der Waals surface area (Å²) in [5.74, 6) is 0.169. The zero-order valence-electron chi connectivity index (χ0n) is 18.3. The highest BCUT2D eigenvalue weighted by atomic mass is 16.5. The Kier molecular flexibility index (Phi) is 5.35. The topological polar surface area (TPSA) is 149 Å². The van der Waals surface area contributed by atoms with Crippen molar-refractivity contribution >= 4 is 17.1 Å². The number of nitrogens with zero attached hydrogens (tertiary/aromatic N) is 7. The number of pyridine rings is 2. The SMILES string of the molecule is COc1cc(C(=O)O)nc(C(C)(C)c2cc(OC)cc(-n3cnc4c(C#N)ncnc43)n2)c1. The van der Waals surface area contributed by atoms with Crippen LogP contribution >= 0.6 is 0 Å². The Morgan fingerprint density at radius 3 is 2.33 bits per heavy atom. The van der Waals surface area contributed by atoms with E-state index in [1.165, 1.54) is 32.9 Å². The molecule has 166 valence electrons. The van der Waals surface area contributed by atoms with Crippen molar-refractivity contribution in [1.82, 2.24) is 29.5 Å². The molecule has 1 N–H and O–H groups in total. The first-order chi connectivity index (χ1) is 15.8. The molecule has 0 aliphatic rings. The molecule has 0 saturated carbocycles. The van der Waals surface area contributed by atoms with Crippen LogP contribution in [0.2, 0.25) is 0 Å². The van der Waals surface area contributed by atoms with E-state index in [1.807, 2.05) is 19.9 Å². The molecule has 11 heteroatoms. The molecule has 0 atom stereocenters. The first kappa shape index (κ1) is 21.6. The third kappa shape index (κ3) is 3.78. The van der Waals surface area contributed by atoms with Crippen molar-refractivity contribution in [2.75, 3.05) is 14.2 Å². The molecular weight excluding hydrogens is 426 g/mol. The number of carbonyl (C=O) groups is 1. The number of carboxylic acids is 1. The number of carboxylic acid groups (broad SMARTS) is 1. The Morgan fingerprint density at radius 1 is 1.03 bits per heavy atom. The van der Waals surface area contributed by atoms with E-state index >= 15 is 0 Å². The molecule has 0 bridgehead atoms. The minimum absolute atomic E-state index is 0.137. The van der Waals surface area contributed by atoms with E-state index in [-0.39, 0.29) is 11.4 Å². The van der Waals surface area contributed by atoms with Gasteiger partial charge >= 0.3 is 5.97 Å². The molecule has 4 aromatic rings. The van der Waals surface area contributed by atoms with Crippen LogP contribution < -0.4 is 9.47 Å². The zero-order chi connectivity index (χ0) is 23.8. The van der Waals surface area contributed by atoms with Gasteiger partial charge in [-0.1, -0.05) is 0 Å². The molecule has 0 aliphatic carbocycles. The number of hydrogen-bond acceptors (Lipinski definition) is 9. The molecule has 4 heterocycles. The van der Waals surface area contributed by atoms with Crippen LogP contribution in [0.4, 0.5) is 0 Å². The summed E-state index contributed by atoms with van der Waals surface area (Å²) in [6, 6.07) is 8.48. The molecule has 11 nitrogen and oxygen atoms in total. The molecule has 0 saturated heterocycles. The second kappa shape index (κ2) is 8.16. The summed E-state index contributed by atoms with van der Waals surface area (Å²) in [6.07, 6.45) is 2.79.